The minimum atomic E-state index is -4.44. The molecule has 0 unspecified atom stereocenters. The van der Waals surface area contributed by atoms with Gasteiger partial charge in [0, 0.05) is 18.0 Å². The average molecular weight is 322 g/mol. The molecule has 2 N–H and O–H groups in total. The van der Waals surface area contributed by atoms with Crippen molar-refractivity contribution in [2.45, 2.75) is 6.18 Å². The van der Waals surface area contributed by atoms with Gasteiger partial charge in [0.15, 0.2) is 5.82 Å². The standard InChI is InChI=1S/C15H10F4N4/c16-11-7-9(1-3-12(11)20)13-5-6-23(22-13)14-4-2-10(8-21-14)15(17,18)19/h1-8H,20H2. The highest BCUT2D eigenvalue weighted by atomic mass is 19.4. The molecule has 1 aromatic carbocycles. The second-order valence-electron chi connectivity index (χ2n) is 4.78. The van der Waals surface area contributed by atoms with Gasteiger partial charge in [-0.15, -0.1) is 0 Å². The molecule has 3 aromatic rings. The molecule has 0 radical (unpaired) electrons. The maximum Gasteiger partial charge on any atom is 0.417 e. The number of alkyl halides is 3. The van der Waals surface area contributed by atoms with E-state index < -0.39 is 17.6 Å². The molecule has 0 aliphatic rings. The molecule has 0 atom stereocenters. The van der Waals surface area contributed by atoms with E-state index in [9.17, 15) is 17.6 Å². The van der Waals surface area contributed by atoms with Gasteiger partial charge in [0.05, 0.1) is 16.9 Å². The number of rotatable bonds is 2. The first kappa shape index (κ1) is 15.0. The summed E-state index contributed by atoms with van der Waals surface area (Å²) < 4.78 is 52.3. The van der Waals surface area contributed by atoms with Gasteiger partial charge in [0.1, 0.15) is 5.82 Å². The fourth-order valence-corrected chi connectivity index (χ4v) is 1.98. The van der Waals surface area contributed by atoms with Gasteiger partial charge in [-0.05, 0) is 30.3 Å². The Morgan fingerprint density at radius 3 is 2.43 bits per heavy atom. The number of nitrogens with two attached hydrogens (primary N) is 1. The minimum Gasteiger partial charge on any atom is -0.396 e. The third-order valence-electron chi connectivity index (χ3n) is 3.20. The molecule has 0 amide bonds. The fourth-order valence-electron chi connectivity index (χ4n) is 1.98. The Labute approximate surface area is 128 Å². The molecule has 0 saturated heterocycles. The summed E-state index contributed by atoms with van der Waals surface area (Å²) in [4.78, 5) is 3.74. The van der Waals surface area contributed by atoms with Crippen molar-refractivity contribution in [3.63, 3.8) is 0 Å². The summed E-state index contributed by atoms with van der Waals surface area (Å²) in [6.07, 6.45) is -2.18. The Kier molecular flexibility index (Phi) is 3.51. The summed E-state index contributed by atoms with van der Waals surface area (Å²) in [5, 5.41) is 4.18. The van der Waals surface area contributed by atoms with Crippen LogP contribution in [0.2, 0.25) is 0 Å². The van der Waals surface area contributed by atoms with Gasteiger partial charge < -0.3 is 5.73 Å². The lowest BCUT2D eigenvalue weighted by Crippen LogP contribution is -2.07. The highest BCUT2D eigenvalue weighted by Crippen LogP contribution is 2.29. The predicted octanol–water partition coefficient (Wildman–Crippen LogP) is 3.67. The maximum absolute atomic E-state index is 13.5. The van der Waals surface area contributed by atoms with Crippen LogP contribution in [-0.4, -0.2) is 14.8 Å². The van der Waals surface area contributed by atoms with Gasteiger partial charge in [-0.2, -0.15) is 18.3 Å². The molecule has 23 heavy (non-hydrogen) atoms. The number of nitrogens with zero attached hydrogens (tertiary/aromatic N) is 3. The molecule has 0 aliphatic heterocycles. The summed E-state index contributed by atoms with van der Waals surface area (Å²) >= 11 is 0. The second-order valence-corrected chi connectivity index (χ2v) is 4.78. The molecule has 8 heteroatoms. The van der Waals surface area contributed by atoms with Gasteiger partial charge in [0.2, 0.25) is 0 Å². The van der Waals surface area contributed by atoms with Crippen molar-refractivity contribution in [1.29, 1.82) is 0 Å². The molecule has 2 heterocycles. The monoisotopic (exact) mass is 322 g/mol. The Balaban J connectivity index is 1.91. The zero-order chi connectivity index (χ0) is 16.6. The SMILES string of the molecule is Nc1ccc(-c2ccn(-c3ccc(C(F)(F)F)cn3)n2)cc1F. The van der Waals surface area contributed by atoms with Crippen molar-refractivity contribution in [3.05, 3.63) is 60.2 Å². The first-order valence-electron chi connectivity index (χ1n) is 6.49. The van der Waals surface area contributed by atoms with Crippen molar-refractivity contribution in [3.8, 4) is 17.1 Å². The summed E-state index contributed by atoms with van der Waals surface area (Å²) in [5.41, 5.74) is 5.55. The van der Waals surface area contributed by atoms with Crippen LogP contribution in [0, 0.1) is 5.82 Å². The Hall–Kier alpha value is -2.90. The third-order valence-corrected chi connectivity index (χ3v) is 3.20. The van der Waals surface area contributed by atoms with Crippen LogP contribution in [0.3, 0.4) is 0 Å². The first-order chi connectivity index (χ1) is 10.8. The molecular weight excluding hydrogens is 312 g/mol. The van der Waals surface area contributed by atoms with Crippen molar-refractivity contribution < 1.29 is 17.6 Å². The summed E-state index contributed by atoms with van der Waals surface area (Å²) in [7, 11) is 0. The Morgan fingerprint density at radius 2 is 1.83 bits per heavy atom. The lowest BCUT2D eigenvalue weighted by atomic mass is 10.1. The molecule has 0 fully saturated rings. The zero-order valence-electron chi connectivity index (χ0n) is 11.5. The lowest BCUT2D eigenvalue weighted by Gasteiger charge is -2.06. The maximum atomic E-state index is 13.5. The molecule has 4 nitrogen and oxygen atoms in total. The number of anilines is 1. The number of benzene rings is 1. The van der Waals surface area contributed by atoms with E-state index in [1.165, 1.54) is 29.1 Å². The van der Waals surface area contributed by atoms with Crippen LogP contribution >= 0.6 is 0 Å². The van der Waals surface area contributed by atoms with Crippen LogP contribution < -0.4 is 5.73 Å². The van der Waals surface area contributed by atoms with Crippen molar-refractivity contribution in [1.82, 2.24) is 14.8 Å². The Bertz CT molecular complexity index is 837. The molecule has 2 aromatic heterocycles. The van der Waals surface area contributed by atoms with Gasteiger partial charge in [-0.25, -0.2) is 14.1 Å². The molecule has 0 aliphatic carbocycles. The molecule has 118 valence electrons. The van der Waals surface area contributed by atoms with E-state index in [0.29, 0.717) is 11.3 Å². The van der Waals surface area contributed by atoms with E-state index in [2.05, 4.69) is 10.1 Å². The van der Waals surface area contributed by atoms with Gasteiger partial charge in [-0.3, -0.25) is 0 Å². The largest absolute Gasteiger partial charge is 0.417 e. The van der Waals surface area contributed by atoms with E-state index in [1.54, 1.807) is 12.1 Å². The number of hydrogen-bond acceptors (Lipinski definition) is 3. The van der Waals surface area contributed by atoms with Crippen LogP contribution in [0.25, 0.3) is 17.1 Å². The third kappa shape index (κ3) is 3.01. The molecule has 3 rings (SSSR count). The Morgan fingerprint density at radius 1 is 1.04 bits per heavy atom. The van der Waals surface area contributed by atoms with Crippen molar-refractivity contribution in [2.24, 2.45) is 0 Å². The van der Waals surface area contributed by atoms with E-state index in [4.69, 9.17) is 5.73 Å². The zero-order valence-corrected chi connectivity index (χ0v) is 11.5. The number of halogens is 4. The van der Waals surface area contributed by atoms with Gasteiger partial charge in [-0.1, -0.05) is 6.07 Å². The van der Waals surface area contributed by atoms with Gasteiger partial charge >= 0.3 is 6.18 Å². The van der Waals surface area contributed by atoms with Crippen LogP contribution in [0.5, 0.6) is 0 Å². The van der Waals surface area contributed by atoms with Crippen LogP contribution in [0.15, 0.2) is 48.8 Å². The number of nitrogen functional groups attached to an aromatic ring is 1. The second kappa shape index (κ2) is 5.38. The van der Waals surface area contributed by atoms with E-state index in [0.717, 1.165) is 12.3 Å². The van der Waals surface area contributed by atoms with Gasteiger partial charge in [0.25, 0.3) is 0 Å². The normalized spacial score (nSPS) is 11.7. The lowest BCUT2D eigenvalue weighted by molar-refractivity contribution is -0.137. The number of pyridine rings is 1. The van der Waals surface area contributed by atoms with Crippen LogP contribution in [-0.2, 0) is 6.18 Å². The van der Waals surface area contributed by atoms with Crippen molar-refractivity contribution >= 4 is 5.69 Å². The number of hydrogen-bond donors (Lipinski definition) is 1. The fraction of sp³-hybridized carbons (Fsp3) is 0.0667. The highest BCUT2D eigenvalue weighted by Gasteiger charge is 2.30. The summed E-state index contributed by atoms with van der Waals surface area (Å²) in [5.74, 6) is -0.343. The average Bonchev–Trinajstić information content (AvgIpc) is 2.99. The van der Waals surface area contributed by atoms with Crippen LogP contribution in [0.1, 0.15) is 5.56 Å². The molecule has 0 bridgehead atoms. The van der Waals surface area contributed by atoms with E-state index >= 15 is 0 Å². The number of aromatic nitrogens is 3. The predicted molar refractivity (Wildman–Crippen MR) is 76.2 cm³/mol. The molecular formula is C15H10F4N4. The van der Waals surface area contributed by atoms with E-state index in [1.807, 2.05) is 0 Å². The summed E-state index contributed by atoms with van der Waals surface area (Å²) in [6.45, 7) is 0. The van der Waals surface area contributed by atoms with Crippen LogP contribution in [0.4, 0.5) is 23.2 Å². The smallest absolute Gasteiger partial charge is 0.396 e. The molecule has 0 spiro atoms. The first-order valence-corrected chi connectivity index (χ1v) is 6.49. The summed E-state index contributed by atoms with van der Waals surface area (Å²) in [6, 6.07) is 7.99. The van der Waals surface area contributed by atoms with Crippen molar-refractivity contribution in [2.75, 3.05) is 5.73 Å². The molecule has 0 saturated carbocycles. The highest BCUT2D eigenvalue weighted by molar-refractivity contribution is 5.62. The van der Waals surface area contributed by atoms with E-state index in [-0.39, 0.29) is 11.5 Å². The minimum absolute atomic E-state index is 0.0255. The quantitative estimate of drug-likeness (QED) is 0.578. The topological polar surface area (TPSA) is 56.7 Å².